The van der Waals surface area contributed by atoms with Crippen LogP contribution >= 0.6 is 0 Å². The Kier molecular flexibility index (Phi) is 6.02. The standard InChI is InChI=1S/C21H25F3N4O/c1-3-27-6-8-28(9-7-27)18-11-15(10-16(12-18)21(22,23)24)20(29)26-17-5-4-14(2)19(25)13-17/h4-5,10-13H,3,6-9,25H2,1-2H3,(H,26,29). The van der Waals surface area contributed by atoms with Crippen molar-refractivity contribution < 1.29 is 18.0 Å². The number of piperazine rings is 1. The molecule has 5 nitrogen and oxygen atoms in total. The van der Waals surface area contributed by atoms with E-state index < -0.39 is 17.6 Å². The molecule has 2 aromatic carbocycles. The summed E-state index contributed by atoms with van der Waals surface area (Å²) in [5.41, 5.74) is 7.19. The number of anilines is 3. The smallest absolute Gasteiger partial charge is 0.398 e. The van der Waals surface area contributed by atoms with Gasteiger partial charge < -0.3 is 20.9 Å². The van der Waals surface area contributed by atoms with Crippen LogP contribution in [0.3, 0.4) is 0 Å². The number of hydrogen-bond acceptors (Lipinski definition) is 4. The van der Waals surface area contributed by atoms with Crippen molar-refractivity contribution in [1.82, 2.24) is 4.90 Å². The molecule has 1 heterocycles. The minimum Gasteiger partial charge on any atom is -0.398 e. The van der Waals surface area contributed by atoms with E-state index >= 15 is 0 Å². The quantitative estimate of drug-likeness (QED) is 0.754. The zero-order valence-corrected chi connectivity index (χ0v) is 16.5. The van der Waals surface area contributed by atoms with Crippen molar-refractivity contribution in [1.29, 1.82) is 0 Å². The molecule has 156 valence electrons. The molecule has 1 aliphatic rings. The van der Waals surface area contributed by atoms with Crippen LogP contribution in [0, 0.1) is 6.92 Å². The molecule has 0 atom stereocenters. The van der Waals surface area contributed by atoms with E-state index in [0.29, 0.717) is 30.2 Å². The molecule has 3 N–H and O–H groups in total. The average Bonchev–Trinajstić information content (AvgIpc) is 2.70. The van der Waals surface area contributed by atoms with Gasteiger partial charge in [-0.1, -0.05) is 13.0 Å². The Morgan fingerprint density at radius 1 is 1.10 bits per heavy atom. The van der Waals surface area contributed by atoms with Gasteiger partial charge in [-0.3, -0.25) is 4.79 Å². The molecule has 0 spiro atoms. The number of alkyl halides is 3. The van der Waals surface area contributed by atoms with Gasteiger partial charge in [0.2, 0.25) is 0 Å². The lowest BCUT2D eigenvalue weighted by molar-refractivity contribution is -0.137. The van der Waals surface area contributed by atoms with Gasteiger partial charge >= 0.3 is 6.18 Å². The van der Waals surface area contributed by atoms with Crippen LogP contribution < -0.4 is 16.0 Å². The fraction of sp³-hybridized carbons (Fsp3) is 0.381. The van der Waals surface area contributed by atoms with Gasteiger partial charge in [0, 0.05) is 48.8 Å². The van der Waals surface area contributed by atoms with Crippen LogP contribution in [0.4, 0.5) is 30.2 Å². The molecule has 0 aliphatic carbocycles. The number of halogens is 3. The molecule has 0 saturated carbocycles. The van der Waals surface area contributed by atoms with E-state index in [0.717, 1.165) is 37.3 Å². The number of benzene rings is 2. The summed E-state index contributed by atoms with van der Waals surface area (Å²) in [4.78, 5) is 16.8. The molecule has 1 amide bonds. The summed E-state index contributed by atoms with van der Waals surface area (Å²) in [5, 5.41) is 2.64. The van der Waals surface area contributed by atoms with Gasteiger partial charge in [-0.05, 0) is 49.4 Å². The maximum atomic E-state index is 13.4. The van der Waals surface area contributed by atoms with Crippen LogP contribution in [0.15, 0.2) is 36.4 Å². The van der Waals surface area contributed by atoms with Gasteiger partial charge in [0.15, 0.2) is 0 Å². The largest absolute Gasteiger partial charge is 0.416 e. The number of nitrogens with one attached hydrogen (secondary N) is 1. The van der Waals surface area contributed by atoms with Crippen molar-refractivity contribution in [3.05, 3.63) is 53.1 Å². The lowest BCUT2D eigenvalue weighted by Gasteiger charge is -2.36. The van der Waals surface area contributed by atoms with Gasteiger partial charge in [-0.15, -0.1) is 0 Å². The molecule has 0 unspecified atom stereocenters. The minimum atomic E-state index is -4.54. The molecule has 1 fully saturated rings. The van der Waals surface area contributed by atoms with Crippen LogP contribution in [0.5, 0.6) is 0 Å². The van der Waals surface area contributed by atoms with Crippen LogP contribution in [-0.2, 0) is 6.18 Å². The van der Waals surface area contributed by atoms with E-state index in [2.05, 4.69) is 17.1 Å². The van der Waals surface area contributed by atoms with Crippen LogP contribution in [0.1, 0.15) is 28.4 Å². The van der Waals surface area contributed by atoms with Crippen molar-refractivity contribution in [2.45, 2.75) is 20.0 Å². The second kappa shape index (κ2) is 8.32. The molecular weight excluding hydrogens is 381 g/mol. The van der Waals surface area contributed by atoms with Crippen molar-refractivity contribution >= 4 is 23.0 Å². The molecule has 8 heteroatoms. The highest BCUT2D eigenvalue weighted by Crippen LogP contribution is 2.33. The molecule has 0 bridgehead atoms. The lowest BCUT2D eigenvalue weighted by Crippen LogP contribution is -2.46. The SMILES string of the molecule is CCN1CCN(c2cc(C(=O)Nc3ccc(C)c(N)c3)cc(C(F)(F)F)c2)CC1. The van der Waals surface area contributed by atoms with Crippen molar-refractivity contribution in [3.63, 3.8) is 0 Å². The Labute approximate surface area is 168 Å². The molecule has 0 radical (unpaired) electrons. The monoisotopic (exact) mass is 406 g/mol. The molecule has 29 heavy (non-hydrogen) atoms. The maximum Gasteiger partial charge on any atom is 0.416 e. The van der Waals surface area contributed by atoms with Crippen molar-refractivity contribution in [3.8, 4) is 0 Å². The first-order valence-corrected chi connectivity index (χ1v) is 9.54. The van der Waals surface area contributed by atoms with E-state index in [9.17, 15) is 18.0 Å². The number of amides is 1. The minimum absolute atomic E-state index is 0.0353. The lowest BCUT2D eigenvalue weighted by atomic mass is 10.1. The molecule has 1 aliphatic heterocycles. The number of nitrogen functional groups attached to an aromatic ring is 1. The number of likely N-dealkylation sites (N-methyl/N-ethyl adjacent to an activating group) is 1. The summed E-state index contributed by atoms with van der Waals surface area (Å²) in [5.74, 6) is -0.604. The number of carbonyl (C=O) groups is 1. The highest BCUT2D eigenvalue weighted by Gasteiger charge is 2.32. The van der Waals surface area contributed by atoms with Crippen LogP contribution in [0.25, 0.3) is 0 Å². The van der Waals surface area contributed by atoms with Gasteiger partial charge in [0.25, 0.3) is 5.91 Å². The number of carbonyl (C=O) groups excluding carboxylic acids is 1. The van der Waals surface area contributed by atoms with Gasteiger partial charge in [-0.2, -0.15) is 13.2 Å². The number of nitrogens with zero attached hydrogens (tertiary/aromatic N) is 2. The topological polar surface area (TPSA) is 61.6 Å². The van der Waals surface area contributed by atoms with Crippen molar-refractivity contribution in [2.24, 2.45) is 0 Å². The molecule has 3 rings (SSSR count). The van der Waals surface area contributed by atoms with Gasteiger partial charge in [-0.25, -0.2) is 0 Å². The van der Waals surface area contributed by atoms with E-state index in [1.54, 1.807) is 18.2 Å². The number of hydrogen-bond donors (Lipinski definition) is 2. The zero-order valence-electron chi connectivity index (χ0n) is 16.5. The van der Waals surface area contributed by atoms with Gasteiger partial charge in [0.05, 0.1) is 5.56 Å². The molecule has 2 aromatic rings. The van der Waals surface area contributed by atoms with E-state index in [-0.39, 0.29) is 5.56 Å². The Balaban J connectivity index is 1.88. The third kappa shape index (κ3) is 5.00. The Bertz CT molecular complexity index is 890. The second-order valence-electron chi connectivity index (χ2n) is 7.21. The van der Waals surface area contributed by atoms with Crippen molar-refractivity contribution in [2.75, 3.05) is 48.7 Å². The highest BCUT2D eigenvalue weighted by molar-refractivity contribution is 6.05. The molecular formula is C21H25F3N4O. The summed E-state index contributed by atoms with van der Waals surface area (Å²) in [7, 11) is 0. The first-order valence-electron chi connectivity index (χ1n) is 9.54. The second-order valence-corrected chi connectivity index (χ2v) is 7.21. The molecule has 1 saturated heterocycles. The van der Waals surface area contributed by atoms with E-state index in [1.807, 2.05) is 11.8 Å². The first-order chi connectivity index (χ1) is 13.7. The Morgan fingerprint density at radius 2 is 1.79 bits per heavy atom. The summed E-state index contributed by atoms with van der Waals surface area (Å²) in [6.45, 7) is 7.57. The third-order valence-corrected chi connectivity index (χ3v) is 5.23. The maximum absolute atomic E-state index is 13.4. The fourth-order valence-electron chi connectivity index (χ4n) is 3.33. The number of nitrogens with two attached hydrogens (primary N) is 1. The molecule has 0 aromatic heterocycles. The summed E-state index contributed by atoms with van der Waals surface area (Å²) >= 11 is 0. The average molecular weight is 406 g/mol. The Hall–Kier alpha value is -2.74. The first kappa shape index (κ1) is 21.0. The van der Waals surface area contributed by atoms with Crippen LogP contribution in [-0.4, -0.2) is 43.5 Å². The summed E-state index contributed by atoms with van der Waals surface area (Å²) < 4.78 is 40.3. The van der Waals surface area contributed by atoms with E-state index in [4.69, 9.17) is 5.73 Å². The predicted octanol–water partition coefficient (Wildman–Crippen LogP) is 3.99. The predicted molar refractivity (Wildman–Crippen MR) is 109 cm³/mol. The van der Waals surface area contributed by atoms with Crippen LogP contribution in [0.2, 0.25) is 0 Å². The normalized spacial score (nSPS) is 15.4. The number of rotatable bonds is 4. The summed E-state index contributed by atoms with van der Waals surface area (Å²) in [6.07, 6.45) is -4.54. The fourth-order valence-corrected chi connectivity index (χ4v) is 3.33. The zero-order chi connectivity index (χ0) is 21.2. The summed E-state index contributed by atoms with van der Waals surface area (Å²) in [6, 6.07) is 8.52. The van der Waals surface area contributed by atoms with Gasteiger partial charge in [0.1, 0.15) is 0 Å². The highest BCUT2D eigenvalue weighted by atomic mass is 19.4. The third-order valence-electron chi connectivity index (χ3n) is 5.23. The number of aryl methyl sites for hydroxylation is 1. The van der Waals surface area contributed by atoms with E-state index in [1.165, 1.54) is 6.07 Å². The Morgan fingerprint density at radius 3 is 2.38 bits per heavy atom.